The molecule has 0 N–H and O–H groups in total. The van der Waals surface area contributed by atoms with Crippen LogP contribution in [0.15, 0.2) is 24.3 Å². The topological polar surface area (TPSA) is 49.9 Å². The Morgan fingerprint density at radius 2 is 1.80 bits per heavy atom. The van der Waals surface area contributed by atoms with Gasteiger partial charge in [0.25, 0.3) is 5.91 Å². The van der Waals surface area contributed by atoms with Crippen LogP contribution in [0.4, 0.5) is 0 Å². The number of carbonyl (C=O) groups is 2. The number of amides is 2. The molecule has 1 atom stereocenters. The van der Waals surface area contributed by atoms with E-state index in [0.29, 0.717) is 42.7 Å². The molecule has 1 aliphatic carbocycles. The van der Waals surface area contributed by atoms with Gasteiger partial charge in [0.05, 0.1) is 11.6 Å². The van der Waals surface area contributed by atoms with E-state index in [1.54, 1.807) is 4.90 Å². The summed E-state index contributed by atoms with van der Waals surface area (Å²) in [5.41, 5.74) is 0.604. The number of fused-ring (bicyclic) bond motifs is 1. The molecule has 1 saturated carbocycles. The standard InChI is InChI=1S/C25H38N2O3/c1-19(2)16-21-18-30-23-13-7-6-12-22(23)25(29)26(3)14-8-9-15-27(21)24(28)17-20-10-4-5-11-20/h6-7,12-13,19-21H,4-5,8-11,14-18H2,1-3H3/t21-/m0/s1. The Hall–Kier alpha value is -2.04. The van der Waals surface area contributed by atoms with E-state index >= 15 is 0 Å². The van der Waals surface area contributed by atoms with Crippen LogP contribution in [0.5, 0.6) is 5.75 Å². The molecular weight excluding hydrogens is 376 g/mol. The highest BCUT2D eigenvalue weighted by Gasteiger charge is 2.29. The summed E-state index contributed by atoms with van der Waals surface area (Å²) in [5.74, 6) is 1.92. The van der Waals surface area contributed by atoms with Crippen molar-refractivity contribution in [2.45, 2.75) is 71.3 Å². The van der Waals surface area contributed by atoms with Gasteiger partial charge in [-0.25, -0.2) is 0 Å². The molecule has 30 heavy (non-hydrogen) atoms. The highest BCUT2D eigenvalue weighted by atomic mass is 16.5. The Morgan fingerprint density at radius 3 is 2.53 bits per heavy atom. The summed E-state index contributed by atoms with van der Waals surface area (Å²) >= 11 is 0. The van der Waals surface area contributed by atoms with Crippen molar-refractivity contribution in [2.75, 3.05) is 26.7 Å². The Kier molecular flexibility index (Phi) is 8.17. The van der Waals surface area contributed by atoms with Crippen LogP contribution in [0, 0.1) is 11.8 Å². The third kappa shape index (κ3) is 5.99. The lowest BCUT2D eigenvalue weighted by Gasteiger charge is -2.34. The number of benzene rings is 1. The third-order valence-corrected chi connectivity index (χ3v) is 6.48. The van der Waals surface area contributed by atoms with Crippen LogP contribution >= 0.6 is 0 Å². The zero-order valence-corrected chi connectivity index (χ0v) is 18.9. The lowest BCUT2D eigenvalue weighted by atomic mass is 9.99. The van der Waals surface area contributed by atoms with Crippen molar-refractivity contribution in [3.8, 4) is 5.75 Å². The summed E-state index contributed by atoms with van der Waals surface area (Å²) in [4.78, 5) is 30.1. The molecule has 0 spiro atoms. The number of hydrogen-bond acceptors (Lipinski definition) is 3. The van der Waals surface area contributed by atoms with Crippen LogP contribution in [-0.2, 0) is 4.79 Å². The zero-order chi connectivity index (χ0) is 21.5. The average molecular weight is 415 g/mol. The zero-order valence-electron chi connectivity index (χ0n) is 18.9. The number of para-hydroxylation sites is 1. The SMILES string of the molecule is CC(C)C[C@H]1COc2ccccc2C(=O)N(C)CCCCN1C(=O)CC1CCCC1. The second kappa shape index (κ2) is 10.8. The van der Waals surface area contributed by atoms with Gasteiger partial charge in [0.15, 0.2) is 0 Å². The van der Waals surface area contributed by atoms with Crippen molar-refractivity contribution in [2.24, 2.45) is 11.8 Å². The van der Waals surface area contributed by atoms with E-state index in [-0.39, 0.29) is 17.9 Å². The molecule has 1 fully saturated rings. The van der Waals surface area contributed by atoms with Crippen molar-refractivity contribution < 1.29 is 14.3 Å². The predicted octanol–water partition coefficient (Wildman–Crippen LogP) is 4.75. The van der Waals surface area contributed by atoms with Gasteiger partial charge in [0.2, 0.25) is 5.91 Å². The lowest BCUT2D eigenvalue weighted by Crippen LogP contribution is -2.46. The number of rotatable bonds is 4. The fourth-order valence-electron chi connectivity index (χ4n) is 4.81. The molecule has 1 aromatic rings. The summed E-state index contributed by atoms with van der Waals surface area (Å²) in [6.45, 7) is 6.26. The Morgan fingerprint density at radius 1 is 1.10 bits per heavy atom. The van der Waals surface area contributed by atoms with Crippen LogP contribution in [0.25, 0.3) is 0 Å². The summed E-state index contributed by atoms with van der Waals surface area (Å²) in [6, 6.07) is 7.52. The van der Waals surface area contributed by atoms with Crippen molar-refractivity contribution in [3.05, 3.63) is 29.8 Å². The molecule has 1 aliphatic heterocycles. The van der Waals surface area contributed by atoms with Gasteiger partial charge in [-0.2, -0.15) is 0 Å². The summed E-state index contributed by atoms with van der Waals surface area (Å²) in [6.07, 6.45) is 8.27. The van der Waals surface area contributed by atoms with E-state index in [9.17, 15) is 9.59 Å². The van der Waals surface area contributed by atoms with E-state index in [4.69, 9.17) is 4.74 Å². The molecule has 5 nitrogen and oxygen atoms in total. The maximum absolute atomic E-state index is 13.3. The molecule has 2 amide bonds. The fourth-order valence-corrected chi connectivity index (χ4v) is 4.81. The second-order valence-electron chi connectivity index (χ2n) is 9.47. The highest BCUT2D eigenvalue weighted by molar-refractivity contribution is 5.96. The monoisotopic (exact) mass is 414 g/mol. The Labute approximate surface area is 181 Å². The van der Waals surface area contributed by atoms with E-state index in [2.05, 4.69) is 18.7 Å². The first-order chi connectivity index (χ1) is 14.5. The van der Waals surface area contributed by atoms with Gasteiger partial charge >= 0.3 is 0 Å². The molecule has 2 aliphatic rings. The first kappa shape index (κ1) is 22.6. The minimum atomic E-state index is 0.000693. The summed E-state index contributed by atoms with van der Waals surface area (Å²) in [5, 5.41) is 0. The van der Waals surface area contributed by atoms with Gasteiger partial charge in [0, 0.05) is 26.6 Å². The lowest BCUT2D eigenvalue weighted by molar-refractivity contribution is -0.135. The number of hydrogen-bond donors (Lipinski definition) is 0. The molecule has 0 bridgehead atoms. The number of ether oxygens (including phenoxy) is 1. The van der Waals surface area contributed by atoms with Gasteiger partial charge < -0.3 is 14.5 Å². The van der Waals surface area contributed by atoms with Crippen molar-refractivity contribution in [3.63, 3.8) is 0 Å². The van der Waals surface area contributed by atoms with Crippen LogP contribution in [0.1, 0.15) is 75.6 Å². The highest BCUT2D eigenvalue weighted by Crippen LogP contribution is 2.29. The van der Waals surface area contributed by atoms with Gasteiger partial charge in [-0.15, -0.1) is 0 Å². The molecule has 0 unspecified atom stereocenters. The van der Waals surface area contributed by atoms with Gasteiger partial charge in [-0.05, 0) is 56.1 Å². The molecule has 0 radical (unpaired) electrons. The van der Waals surface area contributed by atoms with E-state index in [1.165, 1.54) is 25.7 Å². The maximum atomic E-state index is 13.3. The quantitative estimate of drug-likeness (QED) is 0.714. The fraction of sp³-hybridized carbons (Fsp3) is 0.680. The van der Waals surface area contributed by atoms with Crippen LogP contribution < -0.4 is 4.74 Å². The molecule has 1 aromatic carbocycles. The minimum Gasteiger partial charge on any atom is -0.491 e. The number of nitrogens with zero attached hydrogens (tertiary/aromatic N) is 2. The largest absolute Gasteiger partial charge is 0.491 e. The van der Waals surface area contributed by atoms with Gasteiger partial charge in [-0.1, -0.05) is 38.8 Å². The molecule has 0 aromatic heterocycles. The molecule has 3 rings (SSSR count). The first-order valence-corrected chi connectivity index (χ1v) is 11.7. The van der Waals surface area contributed by atoms with Crippen molar-refractivity contribution in [1.29, 1.82) is 0 Å². The predicted molar refractivity (Wildman–Crippen MR) is 120 cm³/mol. The van der Waals surface area contributed by atoms with Gasteiger partial charge in [-0.3, -0.25) is 9.59 Å². The van der Waals surface area contributed by atoms with Crippen molar-refractivity contribution >= 4 is 11.8 Å². The molecular formula is C25H38N2O3. The van der Waals surface area contributed by atoms with Crippen molar-refractivity contribution in [1.82, 2.24) is 9.80 Å². The maximum Gasteiger partial charge on any atom is 0.257 e. The Balaban J connectivity index is 1.82. The Bertz CT molecular complexity index is 712. The van der Waals surface area contributed by atoms with E-state index in [0.717, 1.165) is 25.8 Å². The van der Waals surface area contributed by atoms with Crippen LogP contribution in [-0.4, -0.2) is 54.4 Å². The average Bonchev–Trinajstić information content (AvgIpc) is 3.22. The second-order valence-corrected chi connectivity index (χ2v) is 9.47. The first-order valence-electron chi connectivity index (χ1n) is 11.7. The summed E-state index contributed by atoms with van der Waals surface area (Å²) < 4.78 is 6.20. The summed E-state index contributed by atoms with van der Waals surface area (Å²) in [7, 11) is 1.84. The molecule has 0 saturated heterocycles. The molecule has 166 valence electrons. The molecule has 5 heteroatoms. The molecule has 1 heterocycles. The van der Waals surface area contributed by atoms with Crippen LogP contribution in [0.3, 0.4) is 0 Å². The minimum absolute atomic E-state index is 0.000693. The van der Waals surface area contributed by atoms with E-state index in [1.807, 2.05) is 31.3 Å². The van der Waals surface area contributed by atoms with E-state index < -0.39 is 0 Å². The number of carbonyl (C=O) groups excluding carboxylic acids is 2. The smallest absolute Gasteiger partial charge is 0.257 e. The normalized spacial score (nSPS) is 21.7. The van der Waals surface area contributed by atoms with Crippen LogP contribution in [0.2, 0.25) is 0 Å². The third-order valence-electron chi connectivity index (χ3n) is 6.48. The van der Waals surface area contributed by atoms with Gasteiger partial charge in [0.1, 0.15) is 12.4 Å².